The van der Waals surface area contributed by atoms with Crippen molar-refractivity contribution in [3.8, 4) is 5.88 Å². The van der Waals surface area contributed by atoms with Crippen molar-refractivity contribution in [2.75, 3.05) is 62.8 Å². The fraction of sp³-hybridized carbons (Fsp3) is 0.538. The number of likely N-dealkylation sites (tertiary alicyclic amines) is 1. The van der Waals surface area contributed by atoms with E-state index in [2.05, 4.69) is 51.8 Å². The first-order valence-electron chi connectivity index (χ1n) is 12.4. The van der Waals surface area contributed by atoms with Crippen LogP contribution in [0.2, 0.25) is 0 Å². The van der Waals surface area contributed by atoms with Gasteiger partial charge in [-0.05, 0) is 50.8 Å². The maximum atomic E-state index is 13.2. The standard InChI is InChI=1S/C26H35N5O4/c1-5-35-25(33)20-9-7-11-31(17-20)24(32)21-16-27-26(28-23(21)34-4)30-14-12-29(13-15-30)22-10-6-8-18(2)19(22)3/h6,8,10,16,20H,5,7,9,11-15,17H2,1-4H3/t20-/m1/s1. The number of piperazine rings is 1. The molecule has 0 N–H and O–H groups in total. The number of carbonyl (C=O) groups excluding carboxylic acids is 2. The highest BCUT2D eigenvalue weighted by Crippen LogP contribution is 2.27. The van der Waals surface area contributed by atoms with Crippen LogP contribution in [0.25, 0.3) is 0 Å². The number of aromatic nitrogens is 2. The Balaban J connectivity index is 1.43. The van der Waals surface area contributed by atoms with Gasteiger partial charge in [0.15, 0.2) is 0 Å². The van der Waals surface area contributed by atoms with Crippen molar-refractivity contribution in [2.24, 2.45) is 5.92 Å². The summed E-state index contributed by atoms with van der Waals surface area (Å²) in [6.45, 7) is 10.6. The van der Waals surface area contributed by atoms with E-state index in [1.54, 1.807) is 18.0 Å². The minimum atomic E-state index is -0.299. The van der Waals surface area contributed by atoms with Gasteiger partial charge in [0.05, 0.1) is 19.6 Å². The third kappa shape index (κ3) is 5.33. The van der Waals surface area contributed by atoms with Gasteiger partial charge in [-0.1, -0.05) is 12.1 Å². The van der Waals surface area contributed by atoms with Gasteiger partial charge in [0, 0.05) is 51.2 Å². The molecule has 0 aliphatic carbocycles. The number of rotatable bonds is 6. The van der Waals surface area contributed by atoms with E-state index in [-0.39, 0.29) is 23.7 Å². The fourth-order valence-electron chi connectivity index (χ4n) is 4.82. The van der Waals surface area contributed by atoms with E-state index >= 15 is 0 Å². The van der Waals surface area contributed by atoms with Gasteiger partial charge < -0.3 is 24.2 Å². The summed E-state index contributed by atoms with van der Waals surface area (Å²) < 4.78 is 10.6. The number of benzene rings is 1. The first-order chi connectivity index (χ1) is 16.9. The lowest BCUT2D eigenvalue weighted by Crippen LogP contribution is -2.47. The topological polar surface area (TPSA) is 88.1 Å². The molecule has 188 valence electrons. The van der Waals surface area contributed by atoms with Gasteiger partial charge in [-0.2, -0.15) is 4.98 Å². The highest BCUT2D eigenvalue weighted by Gasteiger charge is 2.32. The number of hydrogen-bond acceptors (Lipinski definition) is 8. The first kappa shape index (κ1) is 24.8. The third-order valence-corrected chi connectivity index (χ3v) is 6.97. The molecule has 2 aliphatic rings. The average molecular weight is 482 g/mol. The number of methoxy groups -OCH3 is 1. The summed E-state index contributed by atoms with van der Waals surface area (Å²) in [6, 6.07) is 6.41. The first-order valence-corrected chi connectivity index (χ1v) is 12.4. The second kappa shape index (κ2) is 10.9. The molecule has 0 radical (unpaired) electrons. The Labute approximate surface area is 207 Å². The van der Waals surface area contributed by atoms with Crippen LogP contribution in [-0.2, 0) is 9.53 Å². The van der Waals surface area contributed by atoms with Crippen molar-refractivity contribution < 1.29 is 19.1 Å². The summed E-state index contributed by atoms with van der Waals surface area (Å²) >= 11 is 0. The van der Waals surface area contributed by atoms with Crippen molar-refractivity contribution in [2.45, 2.75) is 33.6 Å². The predicted molar refractivity (Wildman–Crippen MR) is 134 cm³/mol. The molecule has 9 heteroatoms. The summed E-state index contributed by atoms with van der Waals surface area (Å²) in [7, 11) is 1.51. The molecule has 0 spiro atoms. The number of amides is 1. The van der Waals surface area contributed by atoms with Crippen LogP contribution >= 0.6 is 0 Å². The molecule has 2 saturated heterocycles. The number of carbonyl (C=O) groups is 2. The zero-order chi connectivity index (χ0) is 24.9. The fourth-order valence-corrected chi connectivity index (χ4v) is 4.82. The molecule has 1 aromatic heterocycles. The highest BCUT2D eigenvalue weighted by molar-refractivity contribution is 5.96. The van der Waals surface area contributed by atoms with Gasteiger partial charge >= 0.3 is 5.97 Å². The van der Waals surface area contributed by atoms with Crippen LogP contribution in [0.3, 0.4) is 0 Å². The van der Waals surface area contributed by atoms with E-state index in [0.717, 1.165) is 39.0 Å². The lowest BCUT2D eigenvalue weighted by molar-refractivity contribution is -0.149. The van der Waals surface area contributed by atoms with Crippen LogP contribution in [0.4, 0.5) is 11.6 Å². The third-order valence-electron chi connectivity index (χ3n) is 6.97. The smallest absolute Gasteiger partial charge is 0.310 e. The second-order valence-electron chi connectivity index (χ2n) is 9.13. The number of piperidine rings is 1. The Morgan fingerprint density at radius 2 is 1.83 bits per heavy atom. The number of aryl methyl sites for hydroxylation is 1. The molecule has 35 heavy (non-hydrogen) atoms. The van der Waals surface area contributed by atoms with E-state index in [9.17, 15) is 9.59 Å². The quantitative estimate of drug-likeness (QED) is 0.582. The Kier molecular flexibility index (Phi) is 7.73. The Morgan fingerprint density at radius 3 is 2.54 bits per heavy atom. The average Bonchev–Trinajstić information content (AvgIpc) is 2.90. The number of nitrogens with zero attached hydrogens (tertiary/aromatic N) is 5. The monoisotopic (exact) mass is 481 g/mol. The van der Waals surface area contributed by atoms with Crippen LogP contribution in [0.5, 0.6) is 5.88 Å². The zero-order valence-corrected chi connectivity index (χ0v) is 21.1. The van der Waals surface area contributed by atoms with E-state index in [1.807, 2.05) is 0 Å². The lowest BCUT2D eigenvalue weighted by atomic mass is 9.97. The molecule has 9 nitrogen and oxygen atoms in total. The molecule has 1 amide bonds. The lowest BCUT2D eigenvalue weighted by Gasteiger charge is -2.37. The molecule has 4 rings (SSSR count). The number of ether oxygens (including phenoxy) is 2. The van der Waals surface area contributed by atoms with E-state index < -0.39 is 0 Å². The summed E-state index contributed by atoms with van der Waals surface area (Å²) in [5.74, 6) is 0.0511. The van der Waals surface area contributed by atoms with Gasteiger partial charge in [-0.15, -0.1) is 0 Å². The van der Waals surface area contributed by atoms with Crippen molar-refractivity contribution in [1.82, 2.24) is 14.9 Å². The zero-order valence-electron chi connectivity index (χ0n) is 21.1. The minimum absolute atomic E-state index is 0.220. The van der Waals surface area contributed by atoms with Gasteiger partial charge in [0.1, 0.15) is 5.56 Å². The molecule has 2 aliphatic heterocycles. The normalized spacial score (nSPS) is 18.4. The van der Waals surface area contributed by atoms with Crippen molar-refractivity contribution >= 4 is 23.5 Å². The second-order valence-corrected chi connectivity index (χ2v) is 9.13. The van der Waals surface area contributed by atoms with Crippen molar-refractivity contribution in [3.63, 3.8) is 0 Å². The van der Waals surface area contributed by atoms with E-state index in [0.29, 0.717) is 31.2 Å². The molecule has 0 bridgehead atoms. The Bertz CT molecular complexity index is 1070. The van der Waals surface area contributed by atoms with Crippen molar-refractivity contribution in [1.29, 1.82) is 0 Å². The molecular weight excluding hydrogens is 446 g/mol. The van der Waals surface area contributed by atoms with E-state index in [4.69, 9.17) is 9.47 Å². The molecule has 0 unspecified atom stereocenters. The predicted octanol–water partition coefficient (Wildman–Crippen LogP) is 2.84. The van der Waals surface area contributed by atoms with Gasteiger partial charge in [-0.3, -0.25) is 9.59 Å². The summed E-state index contributed by atoms with van der Waals surface area (Å²) in [5.41, 5.74) is 4.19. The number of hydrogen-bond donors (Lipinski definition) is 0. The van der Waals surface area contributed by atoms with Gasteiger partial charge in [0.2, 0.25) is 11.8 Å². The number of anilines is 2. The largest absolute Gasteiger partial charge is 0.480 e. The molecule has 0 saturated carbocycles. The summed E-state index contributed by atoms with van der Waals surface area (Å²) in [5, 5.41) is 0. The highest BCUT2D eigenvalue weighted by atomic mass is 16.5. The summed E-state index contributed by atoms with van der Waals surface area (Å²) in [4.78, 5) is 40.7. The maximum absolute atomic E-state index is 13.2. The maximum Gasteiger partial charge on any atom is 0.310 e. The van der Waals surface area contributed by atoms with Crippen LogP contribution in [-0.4, -0.2) is 79.7 Å². The minimum Gasteiger partial charge on any atom is -0.480 e. The molecular formula is C26H35N5O4. The SMILES string of the molecule is CCOC(=O)[C@@H]1CCCN(C(=O)c2cnc(N3CCN(c4cccc(C)c4C)CC3)nc2OC)C1. The van der Waals surface area contributed by atoms with Gasteiger partial charge in [0.25, 0.3) is 5.91 Å². The summed E-state index contributed by atoms with van der Waals surface area (Å²) in [6.07, 6.45) is 3.03. The molecule has 1 aromatic carbocycles. The van der Waals surface area contributed by atoms with Gasteiger partial charge in [-0.25, -0.2) is 4.98 Å². The number of esters is 1. The Morgan fingerprint density at radius 1 is 1.09 bits per heavy atom. The van der Waals surface area contributed by atoms with Crippen LogP contribution in [0, 0.1) is 19.8 Å². The Hall–Kier alpha value is -3.36. The van der Waals surface area contributed by atoms with Crippen LogP contribution < -0.4 is 14.5 Å². The van der Waals surface area contributed by atoms with Crippen LogP contribution in [0.1, 0.15) is 41.3 Å². The molecule has 3 heterocycles. The van der Waals surface area contributed by atoms with Crippen LogP contribution in [0.15, 0.2) is 24.4 Å². The molecule has 2 aromatic rings. The van der Waals surface area contributed by atoms with E-state index in [1.165, 1.54) is 23.9 Å². The van der Waals surface area contributed by atoms with Crippen molar-refractivity contribution in [3.05, 3.63) is 41.1 Å². The molecule has 1 atom stereocenters. The molecule has 2 fully saturated rings.